The molecule has 0 radical (unpaired) electrons. The Morgan fingerprint density at radius 1 is 1.00 bits per heavy atom. The van der Waals surface area contributed by atoms with Gasteiger partial charge in [0.05, 0.1) is 13.2 Å². The van der Waals surface area contributed by atoms with Crippen molar-refractivity contribution in [2.45, 2.75) is 45.4 Å². The molecule has 0 atom stereocenters. The number of ether oxygens (including phenoxy) is 2. The van der Waals surface area contributed by atoms with Crippen molar-refractivity contribution in [2.75, 3.05) is 13.2 Å². The Hall–Kier alpha value is -1.18. The van der Waals surface area contributed by atoms with Crippen molar-refractivity contribution in [3.63, 3.8) is 0 Å². The van der Waals surface area contributed by atoms with Crippen LogP contribution in [0.15, 0.2) is 24.3 Å². The third-order valence-corrected chi connectivity index (χ3v) is 3.66. The number of rotatable bonds is 6. The minimum atomic E-state index is 0.684. The lowest BCUT2D eigenvalue weighted by molar-refractivity contribution is 0.233. The Balaban J connectivity index is 1.78. The predicted octanol–water partition coefficient (Wildman–Crippen LogP) is 4.43. The molecule has 2 nitrogen and oxygen atoms in total. The van der Waals surface area contributed by atoms with Gasteiger partial charge in [0.1, 0.15) is 0 Å². The average molecular weight is 248 g/mol. The van der Waals surface area contributed by atoms with Crippen LogP contribution < -0.4 is 9.47 Å². The quantitative estimate of drug-likeness (QED) is 0.741. The van der Waals surface area contributed by atoms with Crippen molar-refractivity contribution < 1.29 is 9.47 Å². The molecule has 18 heavy (non-hydrogen) atoms. The monoisotopic (exact) mass is 248 g/mol. The first-order valence-electron chi connectivity index (χ1n) is 7.24. The molecule has 100 valence electrons. The van der Waals surface area contributed by atoms with E-state index in [0.29, 0.717) is 6.61 Å². The van der Waals surface area contributed by atoms with Crippen molar-refractivity contribution in [1.29, 1.82) is 0 Å². The minimum Gasteiger partial charge on any atom is -0.490 e. The highest BCUT2D eigenvalue weighted by atomic mass is 16.5. The lowest BCUT2D eigenvalue weighted by atomic mass is 9.87. The Kier molecular flexibility index (Phi) is 5.37. The summed E-state index contributed by atoms with van der Waals surface area (Å²) in [4.78, 5) is 0. The third kappa shape index (κ3) is 3.94. The second-order valence-corrected chi connectivity index (χ2v) is 5.02. The third-order valence-electron chi connectivity index (χ3n) is 3.66. The molecule has 0 bridgehead atoms. The van der Waals surface area contributed by atoms with Gasteiger partial charge >= 0.3 is 0 Å². The fraction of sp³-hybridized carbons (Fsp3) is 0.625. The zero-order chi connectivity index (χ0) is 12.6. The maximum Gasteiger partial charge on any atom is 0.161 e. The molecule has 0 aromatic heterocycles. The van der Waals surface area contributed by atoms with Gasteiger partial charge in [0.15, 0.2) is 11.5 Å². The molecule has 0 heterocycles. The average Bonchev–Trinajstić information content (AvgIpc) is 2.42. The normalized spacial score (nSPS) is 16.5. The van der Waals surface area contributed by atoms with Crippen LogP contribution in [-0.2, 0) is 0 Å². The van der Waals surface area contributed by atoms with Gasteiger partial charge in [0, 0.05) is 0 Å². The molecular formula is C16H24O2. The van der Waals surface area contributed by atoms with E-state index in [4.69, 9.17) is 9.47 Å². The lowest BCUT2D eigenvalue weighted by Gasteiger charge is -2.21. The molecule has 0 aliphatic heterocycles. The van der Waals surface area contributed by atoms with Crippen molar-refractivity contribution in [3.05, 3.63) is 24.3 Å². The molecule has 1 saturated carbocycles. The molecule has 0 amide bonds. The molecule has 1 fully saturated rings. The fourth-order valence-corrected chi connectivity index (χ4v) is 2.66. The summed E-state index contributed by atoms with van der Waals surface area (Å²) in [5.74, 6) is 2.62. The SMILES string of the molecule is CCOc1ccccc1OCCC1CCCCC1. The molecule has 1 aliphatic rings. The first kappa shape index (κ1) is 13.3. The van der Waals surface area contributed by atoms with Crippen LogP contribution >= 0.6 is 0 Å². The highest BCUT2D eigenvalue weighted by Gasteiger charge is 2.13. The van der Waals surface area contributed by atoms with Gasteiger partial charge in [0.2, 0.25) is 0 Å². The van der Waals surface area contributed by atoms with Gasteiger partial charge in [0.25, 0.3) is 0 Å². The van der Waals surface area contributed by atoms with Crippen LogP contribution in [0.25, 0.3) is 0 Å². The topological polar surface area (TPSA) is 18.5 Å². The Morgan fingerprint density at radius 3 is 2.33 bits per heavy atom. The smallest absolute Gasteiger partial charge is 0.161 e. The van der Waals surface area contributed by atoms with Crippen LogP contribution in [0.5, 0.6) is 11.5 Å². The summed E-state index contributed by atoms with van der Waals surface area (Å²) >= 11 is 0. The predicted molar refractivity (Wildman–Crippen MR) is 74.3 cm³/mol. The van der Waals surface area contributed by atoms with Gasteiger partial charge in [-0.15, -0.1) is 0 Å². The number of hydrogen-bond acceptors (Lipinski definition) is 2. The number of benzene rings is 1. The van der Waals surface area contributed by atoms with Crippen LogP contribution in [-0.4, -0.2) is 13.2 Å². The summed E-state index contributed by atoms with van der Waals surface area (Å²) in [7, 11) is 0. The van der Waals surface area contributed by atoms with Gasteiger partial charge in [-0.25, -0.2) is 0 Å². The first-order chi connectivity index (χ1) is 8.90. The highest BCUT2D eigenvalue weighted by Crippen LogP contribution is 2.29. The van der Waals surface area contributed by atoms with E-state index in [2.05, 4.69) is 0 Å². The summed E-state index contributed by atoms with van der Waals surface area (Å²) in [5.41, 5.74) is 0. The molecule has 0 spiro atoms. The van der Waals surface area contributed by atoms with Crippen LogP contribution in [0.3, 0.4) is 0 Å². The van der Waals surface area contributed by atoms with E-state index >= 15 is 0 Å². The Morgan fingerprint density at radius 2 is 1.67 bits per heavy atom. The zero-order valence-corrected chi connectivity index (χ0v) is 11.4. The van der Waals surface area contributed by atoms with E-state index in [9.17, 15) is 0 Å². The van der Waals surface area contributed by atoms with E-state index in [0.717, 1.165) is 24.0 Å². The number of hydrogen-bond donors (Lipinski definition) is 0. The van der Waals surface area contributed by atoms with Gasteiger partial charge in [-0.3, -0.25) is 0 Å². The second-order valence-electron chi connectivity index (χ2n) is 5.02. The summed E-state index contributed by atoms with van der Waals surface area (Å²) < 4.78 is 11.4. The van der Waals surface area contributed by atoms with E-state index in [1.54, 1.807) is 0 Å². The molecule has 0 saturated heterocycles. The Bertz CT molecular complexity index is 343. The van der Waals surface area contributed by atoms with Crippen LogP contribution in [0.2, 0.25) is 0 Å². The van der Waals surface area contributed by atoms with Crippen LogP contribution in [0.4, 0.5) is 0 Å². The van der Waals surface area contributed by atoms with E-state index in [-0.39, 0.29) is 0 Å². The molecular weight excluding hydrogens is 224 g/mol. The van der Waals surface area contributed by atoms with Gasteiger partial charge in [-0.2, -0.15) is 0 Å². The molecule has 2 heteroatoms. The van der Waals surface area contributed by atoms with Gasteiger partial charge < -0.3 is 9.47 Å². The van der Waals surface area contributed by atoms with Crippen LogP contribution in [0, 0.1) is 5.92 Å². The van der Waals surface area contributed by atoms with Crippen molar-refractivity contribution in [3.8, 4) is 11.5 Å². The fourth-order valence-electron chi connectivity index (χ4n) is 2.66. The van der Waals surface area contributed by atoms with Crippen molar-refractivity contribution >= 4 is 0 Å². The summed E-state index contributed by atoms with van der Waals surface area (Å²) in [6.45, 7) is 3.50. The summed E-state index contributed by atoms with van der Waals surface area (Å²) in [6.07, 6.45) is 8.18. The highest BCUT2D eigenvalue weighted by molar-refractivity contribution is 5.39. The maximum atomic E-state index is 5.87. The number of para-hydroxylation sites is 2. The van der Waals surface area contributed by atoms with Gasteiger partial charge in [-0.05, 0) is 31.4 Å². The van der Waals surface area contributed by atoms with Crippen molar-refractivity contribution in [1.82, 2.24) is 0 Å². The molecule has 0 N–H and O–H groups in total. The first-order valence-corrected chi connectivity index (χ1v) is 7.24. The van der Waals surface area contributed by atoms with E-state index in [1.807, 2.05) is 31.2 Å². The molecule has 1 aromatic rings. The standard InChI is InChI=1S/C16H24O2/c1-2-17-15-10-6-7-11-16(15)18-13-12-14-8-4-3-5-9-14/h6-7,10-11,14H,2-5,8-9,12-13H2,1H3. The van der Waals surface area contributed by atoms with E-state index < -0.39 is 0 Å². The summed E-state index contributed by atoms with van der Waals surface area (Å²) in [6, 6.07) is 7.95. The van der Waals surface area contributed by atoms with Crippen molar-refractivity contribution in [2.24, 2.45) is 5.92 Å². The van der Waals surface area contributed by atoms with Gasteiger partial charge in [-0.1, -0.05) is 44.2 Å². The molecule has 2 rings (SSSR count). The zero-order valence-electron chi connectivity index (χ0n) is 11.4. The van der Waals surface area contributed by atoms with E-state index in [1.165, 1.54) is 38.5 Å². The largest absolute Gasteiger partial charge is 0.490 e. The molecule has 0 unspecified atom stereocenters. The van der Waals surface area contributed by atoms with Crippen LogP contribution in [0.1, 0.15) is 45.4 Å². The molecule has 1 aromatic carbocycles. The summed E-state index contributed by atoms with van der Waals surface area (Å²) in [5, 5.41) is 0. The second kappa shape index (κ2) is 7.30. The lowest BCUT2D eigenvalue weighted by Crippen LogP contribution is -2.11. The minimum absolute atomic E-state index is 0.684. The Labute approximate surface area is 110 Å². The molecule has 1 aliphatic carbocycles. The maximum absolute atomic E-state index is 5.87.